The van der Waals surface area contributed by atoms with E-state index in [4.69, 9.17) is 18.9 Å². The molecular weight excluding hydrogens is 472 g/mol. The molecule has 8 atom stereocenters. The molecule has 196 valence electrons. The van der Waals surface area contributed by atoms with Crippen LogP contribution in [0.5, 0.6) is 0 Å². The standard InChI is InChI=1S/C30H34O7/c1-17(2)28-13-19(4)30-23(26(28)35-29(36-28,37-30)15-21-9-7-6-8-10-21)12-22(16-34-20(5)31)14-27(33)24(30)11-18(3)25(27)32/h6-12,19,23-24,26,33H,1,13-16H2,2-5H3/t19?,23-,24+,26+,27+,28+,29-,30?/m1/s1. The largest absolute Gasteiger partial charge is 0.461 e. The van der Waals surface area contributed by atoms with Crippen molar-refractivity contribution < 1.29 is 33.6 Å². The van der Waals surface area contributed by atoms with Gasteiger partial charge in [-0.2, -0.15) is 0 Å². The van der Waals surface area contributed by atoms with Crippen LogP contribution in [-0.2, 0) is 35.0 Å². The van der Waals surface area contributed by atoms with E-state index < -0.39 is 40.8 Å². The number of hydrogen-bond donors (Lipinski definition) is 1. The molecule has 6 rings (SSSR count). The maximum Gasteiger partial charge on any atom is 0.302 e. The van der Waals surface area contributed by atoms with Crippen LogP contribution in [0.15, 0.2) is 65.8 Å². The van der Waals surface area contributed by atoms with Crippen LogP contribution in [0.25, 0.3) is 0 Å². The number of aliphatic hydroxyl groups is 1. The summed E-state index contributed by atoms with van der Waals surface area (Å²) in [6.45, 7) is 11.4. The molecule has 1 aromatic rings. The van der Waals surface area contributed by atoms with Crippen LogP contribution in [-0.4, -0.2) is 52.3 Å². The number of ketones is 1. The highest BCUT2D eigenvalue weighted by Crippen LogP contribution is 2.68. The zero-order chi connectivity index (χ0) is 26.4. The van der Waals surface area contributed by atoms with Crippen molar-refractivity contribution in [1.29, 1.82) is 0 Å². The zero-order valence-electron chi connectivity index (χ0n) is 21.8. The normalized spacial score (nSPS) is 43.4. The van der Waals surface area contributed by atoms with Crippen molar-refractivity contribution in [2.75, 3.05) is 6.61 Å². The lowest BCUT2D eigenvalue weighted by Crippen LogP contribution is -2.70. The molecule has 0 spiro atoms. The van der Waals surface area contributed by atoms with Crippen LogP contribution in [0.2, 0.25) is 0 Å². The minimum absolute atomic E-state index is 0.0134. The summed E-state index contributed by atoms with van der Waals surface area (Å²) >= 11 is 0. The average molecular weight is 507 g/mol. The first-order valence-electron chi connectivity index (χ1n) is 13.0. The summed E-state index contributed by atoms with van der Waals surface area (Å²) in [4.78, 5) is 25.2. The molecule has 1 saturated carbocycles. The predicted molar refractivity (Wildman–Crippen MR) is 134 cm³/mol. The minimum atomic E-state index is -1.72. The fraction of sp³-hybridized carbons (Fsp3) is 0.533. The van der Waals surface area contributed by atoms with Gasteiger partial charge in [-0.05, 0) is 48.5 Å². The van der Waals surface area contributed by atoms with Gasteiger partial charge in [-0.15, -0.1) is 0 Å². The van der Waals surface area contributed by atoms with Gasteiger partial charge in [0, 0.05) is 25.2 Å². The monoisotopic (exact) mass is 506 g/mol. The van der Waals surface area contributed by atoms with Crippen molar-refractivity contribution >= 4 is 11.8 Å². The highest BCUT2D eigenvalue weighted by molar-refractivity contribution is 6.04. The van der Waals surface area contributed by atoms with Gasteiger partial charge >= 0.3 is 5.97 Å². The number of ether oxygens (including phenoxy) is 4. The predicted octanol–water partition coefficient (Wildman–Crippen LogP) is 3.81. The first-order chi connectivity index (χ1) is 17.5. The van der Waals surface area contributed by atoms with Crippen molar-refractivity contribution in [2.24, 2.45) is 17.8 Å². The zero-order valence-corrected chi connectivity index (χ0v) is 21.8. The highest BCUT2D eigenvalue weighted by atomic mass is 16.9. The lowest BCUT2D eigenvalue weighted by atomic mass is 9.55. The third-order valence-corrected chi connectivity index (χ3v) is 9.19. The molecule has 1 aromatic carbocycles. The molecule has 37 heavy (non-hydrogen) atoms. The Morgan fingerprint density at radius 2 is 1.92 bits per heavy atom. The molecule has 3 aliphatic carbocycles. The maximum atomic E-state index is 13.5. The molecule has 2 unspecified atom stereocenters. The first kappa shape index (κ1) is 24.7. The van der Waals surface area contributed by atoms with Gasteiger partial charge in [0.15, 0.2) is 5.78 Å². The van der Waals surface area contributed by atoms with Crippen molar-refractivity contribution in [3.63, 3.8) is 0 Å². The lowest BCUT2D eigenvalue weighted by molar-refractivity contribution is -0.421. The Labute approximate surface area is 217 Å². The van der Waals surface area contributed by atoms with Gasteiger partial charge in [0.2, 0.25) is 0 Å². The molecule has 0 radical (unpaired) electrons. The third-order valence-electron chi connectivity index (χ3n) is 9.19. The van der Waals surface area contributed by atoms with Gasteiger partial charge < -0.3 is 24.1 Å². The number of fused-ring (bicyclic) bond motifs is 2. The molecule has 1 N–H and O–H groups in total. The summed E-state index contributed by atoms with van der Waals surface area (Å²) in [5.41, 5.74) is -0.469. The summed E-state index contributed by atoms with van der Waals surface area (Å²) in [5.74, 6) is -3.22. The summed E-state index contributed by atoms with van der Waals surface area (Å²) in [6.07, 6.45) is 4.44. The van der Waals surface area contributed by atoms with Crippen LogP contribution < -0.4 is 0 Å². The Balaban J connectivity index is 1.55. The molecule has 2 saturated heterocycles. The molecule has 7 heteroatoms. The molecule has 7 nitrogen and oxygen atoms in total. The van der Waals surface area contributed by atoms with Crippen LogP contribution in [0.4, 0.5) is 0 Å². The van der Waals surface area contributed by atoms with Crippen LogP contribution in [0, 0.1) is 17.8 Å². The van der Waals surface area contributed by atoms with Gasteiger partial charge in [-0.25, -0.2) is 0 Å². The van der Waals surface area contributed by atoms with Gasteiger partial charge in [0.05, 0.1) is 12.0 Å². The Kier molecular flexibility index (Phi) is 5.32. The summed E-state index contributed by atoms with van der Waals surface area (Å²) < 4.78 is 26.0. The second-order valence-electron chi connectivity index (χ2n) is 11.6. The smallest absolute Gasteiger partial charge is 0.302 e. The Morgan fingerprint density at radius 3 is 2.59 bits per heavy atom. The molecule has 0 aromatic heterocycles. The third kappa shape index (κ3) is 3.27. The van der Waals surface area contributed by atoms with Gasteiger partial charge in [-0.1, -0.05) is 56.0 Å². The van der Waals surface area contributed by atoms with Crippen molar-refractivity contribution in [3.05, 3.63) is 71.3 Å². The van der Waals surface area contributed by atoms with E-state index in [1.807, 2.05) is 49.4 Å². The molecule has 3 fully saturated rings. The minimum Gasteiger partial charge on any atom is -0.461 e. The fourth-order valence-corrected chi connectivity index (χ4v) is 7.68. The van der Waals surface area contributed by atoms with E-state index in [0.29, 0.717) is 24.0 Å². The highest BCUT2D eigenvalue weighted by Gasteiger charge is 2.79. The molecule has 3 bridgehead atoms. The topological polar surface area (TPSA) is 91.3 Å². The Bertz CT molecular complexity index is 1250. The quantitative estimate of drug-likeness (QED) is 0.480. The van der Waals surface area contributed by atoms with Crippen molar-refractivity contribution in [3.8, 4) is 0 Å². The molecule has 0 amide bonds. The number of benzene rings is 1. The van der Waals surface area contributed by atoms with Crippen molar-refractivity contribution in [2.45, 2.75) is 75.8 Å². The summed E-state index contributed by atoms with van der Waals surface area (Å²) in [6, 6.07) is 9.89. The number of Topliss-reactive ketones (excluding diaryl/α,β-unsaturated/α-hetero) is 1. The van der Waals surface area contributed by atoms with Gasteiger partial charge in [-0.3, -0.25) is 9.59 Å². The van der Waals surface area contributed by atoms with E-state index in [1.165, 1.54) is 6.92 Å². The van der Waals surface area contributed by atoms with E-state index in [0.717, 1.165) is 11.1 Å². The molecule has 2 aliphatic heterocycles. The van der Waals surface area contributed by atoms with Gasteiger partial charge in [0.25, 0.3) is 5.97 Å². The number of hydrogen-bond acceptors (Lipinski definition) is 7. The summed E-state index contributed by atoms with van der Waals surface area (Å²) in [7, 11) is 0. The van der Waals surface area contributed by atoms with E-state index in [2.05, 4.69) is 13.5 Å². The second-order valence-corrected chi connectivity index (χ2v) is 11.6. The van der Waals surface area contributed by atoms with Crippen molar-refractivity contribution in [1.82, 2.24) is 0 Å². The van der Waals surface area contributed by atoms with E-state index in [-0.39, 0.29) is 30.6 Å². The number of rotatable bonds is 5. The van der Waals surface area contributed by atoms with E-state index >= 15 is 0 Å². The molecule has 2 heterocycles. The maximum absolute atomic E-state index is 13.5. The lowest BCUT2D eigenvalue weighted by Gasteiger charge is -2.59. The SMILES string of the molecule is C=C(C)[C@@]12CC(C)C34O[C@](Cc5ccccc5)(O[C@H]1[C@H]3C=C(COC(C)=O)C[C@@]1(O)C(=O)C(C)=C[C@H]41)O2. The first-order valence-corrected chi connectivity index (χ1v) is 13.0. The fourth-order valence-electron chi connectivity index (χ4n) is 7.68. The number of carbonyl (C=O) groups is 2. The second kappa shape index (κ2) is 7.96. The Hall–Kier alpha value is -2.58. The average Bonchev–Trinajstić information content (AvgIpc) is 3.14. The van der Waals surface area contributed by atoms with E-state index in [1.54, 1.807) is 6.92 Å². The Morgan fingerprint density at radius 1 is 1.19 bits per heavy atom. The molecule has 5 aliphatic rings. The molecular formula is C30H34O7. The number of esters is 1. The number of carbonyl (C=O) groups excluding carboxylic acids is 2. The van der Waals surface area contributed by atoms with Crippen LogP contribution >= 0.6 is 0 Å². The van der Waals surface area contributed by atoms with Gasteiger partial charge in [0.1, 0.15) is 23.9 Å². The van der Waals surface area contributed by atoms with E-state index in [9.17, 15) is 14.7 Å². The van der Waals surface area contributed by atoms with Crippen LogP contribution in [0.3, 0.4) is 0 Å². The summed E-state index contributed by atoms with van der Waals surface area (Å²) in [5, 5.41) is 12.1. The van der Waals surface area contributed by atoms with Crippen LogP contribution in [0.1, 0.15) is 46.1 Å².